The first-order chi connectivity index (χ1) is 7.11. The smallest absolute Gasteiger partial charge is 0.227 e. The van der Waals surface area contributed by atoms with Gasteiger partial charge in [-0.1, -0.05) is 31.9 Å². The van der Waals surface area contributed by atoms with E-state index in [2.05, 4.69) is 31.9 Å². The standard InChI is InChI=1S/C11H11Br2NO/c1-2-14-6-9-7(4-11(14)15)3-8(12)5-10(9)13/h3,5H,2,4,6H2,1H3. The number of hydrogen-bond acceptors (Lipinski definition) is 1. The monoisotopic (exact) mass is 331 g/mol. The highest BCUT2D eigenvalue weighted by Gasteiger charge is 2.23. The lowest BCUT2D eigenvalue weighted by molar-refractivity contribution is -0.131. The van der Waals surface area contributed by atoms with E-state index in [0.717, 1.165) is 27.6 Å². The van der Waals surface area contributed by atoms with E-state index in [-0.39, 0.29) is 5.91 Å². The van der Waals surface area contributed by atoms with Gasteiger partial charge in [-0.25, -0.2) is 0 Å². The Balaban J connectivity index is 2.45. The predicted molar refractivity (Wildman–Crippen MR) is 66.6 cm³/mol. The second-order valence-electron chi connectivity index (χ2n) is 3.61. The van der Waals surface area contributed by atoms with Gasteiger partial charge in [0.05, 0.1) is 6.42 Å². The number of halogens is 2. The summed E-state index contributed by atoms with van der Waals surface area (Å²) in [5.41, 5.74) is 2.37. The molecule has 1 aliphatic rings. The molecule has 4 heteroatoms. The van der Waals surface area contributed by atoms with E-state index >= 15 is 0 Å². The summed E-state index contributed by atoms with van der Waals surface area (Å²) >= 11 is 6.98. The minimum atomic E-state index is 0.218. The summed E-state index contributed by atoms with van der Waals surface area (Å²) in [7, 11) is 0. The zero-order valence-corrected chi connectivity index (χ0v) is 11.6. The van der Waals surface area contributed by atoms with Crippen molar-refractivity contribution in [3.05, 3.63) is 32.2 Å². The van der Waals surface area contributed by atoms with Gasteiger partial charge in [-0.2, -0.15) is 0 Å². The number of hydrogen-bond donors (Lipinski definition) is 0. The van der Waals surface area contributed by atoms with Crippen molar-refractivity contribution >= 4 is 37.8 Å². The fourth-order valence-corrected chi connectivity index (χ4v) is 3.27. The highest BCUT2D eigenvalue weighted by Crippen LogP contribution is 2.30. The molecule has 80 valence electrons. The predicted octanol–water partition coefficient (Wildman–Crippen LogP) is 3.12. The van der Waals surface area contributed by atoms with Crippen LogP contribution in [0.1, 0.15) is 18.1 Å². The molecule has 0 N–H and O–H groups in total. The SMILES string of the molecule is CCN1Cc2c(Br)cc(Br)cc2CC1=O. The van der Waals surface area contributed by atoms with Gasteiger partial charge in [0, 0.05) is 22.0 Å². The third-order valence-electron chi connectivity index (χ3n) is 2.68. The maximum absolute atomic E-state index is 11.7. The maximum atomic E-state index is 11.7. The van der Waals surface area contributed by atoms with E-state index in [1.54, 1.807) is 0 Å². The van der Waals surface area contributed by atoms with Gasteiger partial charge in [0.1, 0.15) is 0 Å². The van der Waals surface area contributed by atoms with Crippen LogP contribution < -0.4 is 0 Å². The number of rotatable bonds is 1. The van der Waals surface area contributed by atoms with Gasteiger partial charge < -0.3 is 4.90 Å². The van der Waals surface area contributed by atoms with Crippen molar-refractivity contribution in [3.63, 3.8) is 0 Å². The minimum Gasteiger partial charge on any atom is -0.338 e. The average molecular weight is 333 g/mol. The van der Waals surface area contributed by atoms with Crippen LogP contribution in [-0.4, -0.2) is 17.4 Å². The molecule has 0 fully saturated rings. The number of likely N-dealkylation sites (N-methyl/N-ethyl adjacent to an activating group) is 1. The van der Waals surface area contributed by atoms with Gasteiger partial charge in [-0.05, 0) is 30.2 Å². The molecule has 0 unspecified atom stereocenters. The topological polar surface area (TPSA) is 20.3 Å². The van der Waals surface area contributed by atoms with Crippen LogP contribution in [0.3, 0.4) is 0 Å². The molecule has 1 amide bonds. The van der Waals surface area contributed by atoms with Gasteiger partial charge in [-0.15, -0.1) is 0 Å². The van der Waals surface area contributed by atoms with E-state index in [0.29, 0.717) is 6.42 Å². The Labute approximate surface area is 106 Å². The molecule has 0 aromatic heterocycles. The summed E-state index contributed by atoms with van der Waals surface area (Å²) < 4.78 is 2.10. The Hall–Kier alpha value is -0.350. The minimum absolute atomic E-state index is 0.218. The van der Waals surface area contributed by atoms with Gasteiger partial charge in [0.15, 0.2) is 0 Å². The number of fused-ring (bicyclic) bond motifs is 1. The number of nitrogens with zero attached hydrogens (tertiary/aromatic N) is 1. The molecule has 0 radical (unpaired) electrons. The van der Waals surface area contributed by atoms with Gasteiger partial charge in [-0.3, -0.25) is 4.79 Å². The second kappa shape index (κ2) is 4.26. The van der Waals surface area contributed by atoms with E-state index in [4.69, 9.17) is 0 Å². The molecule has 15 heavy (non-hydrogen) atoms. The fourth-order valence-electron chi connectivity index (χ4n) is 1.83. The lowest BCUT2D eigenvalue weighted by Crippen LogP contribution is -2.36. The van der Waals surface area contributed by atoms with E-state index in [9.17, 15) is 4.79 Å². The number of carbonyl (C=O) groups excluding carboxylic acids is 1. The fraction of sp³-hybridized carbons (Fsp3) is 0.364. The molecular weight excluding hydrogens is 322 g/mol. The zero-order chi connectivity index (χ0) is 11.0. The third-order valence-corrected chi connectivity index (χ3v) is 3.84. The third kappa shape index (κ3) is 2.11. The van der Waals surface area contributed by atoms with E-state index in [1.165, 1.54) is 5.56 Å². The molecule has 0 spiro atoms. The summed E-state index contributed by atoms with van der Waals surface area (Å²) in [6.07, 6.45) is 0.515. The summed E-state index contributed by atoms with van der Waals surface area (Å²) in [5, 5.41) is 0. The second-order valence-corrected chi connectivity index (χ2v) is 5.38. The van der Waals surface area contributed by atoms with Crippen LogP contribution >= 0.6 is 31.9 Å². The lowest BCUT2D eigenvalue weighted by atomic mass is 9.99. The maximum Gasteiger partial charge on any atom is 0.227 e. The molecule has 0 bridgehead atoms. The zero-order valence-electron chi connectivity index (χ0n) is 8.39. The first-order valence-electron chi connectivity index (χ1n) is 4.86. The molecule has 1 aromatic carbocycles. The molecule has 0 saturated heterocycles. The number of carbonyl (C=O) groups is 1. The van der Waals surface area contributed by atoms with Crippen molar-refractivity contribution < 1.29 is 4.79 Å². The van der Waals surface area contributed by atoms with Crippen molar-refractivity contribution in [2.45, 2.75) is 19.9 Å². The van der Waals surface area contributed by atoms with Crippen LogP contribution in [0.15, 0.2) is 21.1 Å². The summed E-state index contributed by atoms with van der Waals surface area (Å²) in [6, 6.07) is 4.06. The van der Waals surface area contributed by atoms with E-state index < -0.39 is 0 Å². The summed E-state index contributed by atoms with van der Waals surface area (Å²) in [4.78, 5) is 13.6. The summed E-state index contributed by atoms with van der Waals surface area (Å²) in [5.74, 6) is 0.218. The molecule has 1 aliphatic heterocycles. The van der Waals surface area contributed by atoms with Crippen molar-refractivity contribution in [1.82, 2.24) is 4.90 Å². The normalized spacial score (nSPS) is 15.4. The highest BCUT2D eigenvalue weighted by molar-refractivity contribution is 9.11. The Morgan fingerprint density at radius 3 is 2.80 bits per heavy atom. The molecule has 2 nitrogen and oxygen atoms in total. The van der Waals surface area contributed by atoms with Crippen LogP contribution in [0.5, 0.6) is 0 Å². The van der Waals surface area contributed by atoms with Crippen molar-refractivity contribution in [3.8, 4) is 0 Å². The molecule has 0 atom stereocenters. The van der Waals surface area contributed by atoms with Crippen LogP contribution in [0, 0.1) is 0 Å². The highest BCUT2D eigenvalue weighted by atomic mass is 79.9. The molecule has 1 heterocycles. The first kappa shape index (κ1) is 11.1. The number of amides is 1. The van der Waals surface area contributed by atoms with Gasteiger partial charge in [0.25, 0.3) is 0 Å². The quantitative estimate of drug-likeness (QED) is 0.773. The largest absolute Gasteiger partial charge is 0.338 e. The summed E-state index contributed by atoms with van der Waals surface area (Å²) in [6.45, 7) is 3.51. The molecular formula is C11H11Br2NO. The van der Waals surface area contributed by atoms with Crippen molar-refractivity contribution in [1.29, 1.82) is 0 Å². The molecule has 0 saturated carbocycles. The Morgan fingerprint density at radius 2 is 2.13 bits per heavy atom. The van der Waals surface area contributed by atoms with Crippen LogP contribution in [0.25, 0.3) is 0 Å². The Morgan fingerprint density at radius 1 is 1.40 bits per heavy atom. The van der Waals surface area contributed by atoms with Crippen molar-refractivity contribution in [2.24, 2.45) is 0 Å². The van der Waals surface area contributed by atoms with Crippen LogP contribution in [0.2, 0.25) is 0 Å². The number of benzene rings is 1. The Bertz CT molecular complexity index is 417. The van der Waals surface area contributed by atoms with Gasteiger partial charge in [0.2, 0.25) is 5.91 Å². The lowest BCUT2D eigenvalue weighted by Gasteiger charge is -2.28. The molecule has 2 rings (SSSR count). The van der Waals surface area contributed by atoms with E-state index in [1.807, 2.05) is 24.0 Å². The van der Waals surface area contributed by atoms with Gasteiger partial charge >= 0.3 is 0 Å². The molecule has 1 aromatic rings. The van der Waals surface area contributed by atoms with Crippen LogP contribution in [0.4, 0.5) is 0 Å². The first-order valence-corrected chi connectivity index (χ1v) is 6.45. The molecule has 0 aliphatic carbocycles. The van der Waals surface area contributed by atoms with Crippen molar-refractivity contribution in [2.75, 3.05) is 6.54 Å². The van der Waals surface area contributed by atoms with Crippen LogP contribution in [-0.2, 0) is 17.8 Å². The Kier molecular flexibility index (Phi) is 3.16. The average Bonchev–Trinajstić information content (AvgIpc) is 2.16.